The average molecular weight is 329 g/mol. The first-order valence-electron chi connectivity index (χ1n) is 7.63. The first kappa shape index (κ1) is 17.5. The Hall–Kier alpha value is -2.89. The molecular weight excluding hydrogens is 310 g/mol. The Morgan fingerprint density at radius 1 is 1.21 bits per heavy atom. The smallest absolute Gasteiger partial charge is 0.306 e. The quantitative estimate of drug-likeness (QED) is 0.344. The maximum absolute atomic E-state index is 11.7. The summed E-state index contributed by atoms with van der Waals surface area (Å²) >= 11 is 0. The van der Waals surface area contributed by atoms with Crippen molar-refractivity contribution in [3.63, 3.8) is 0 Å². The van der Waals surface area contributed by atoms with Crippen LogP contribution in [0.15, 0.2) is 53.4 Å². The van der Waals surface area contributed by atoms with Crippen molar-refractivity contribution in [1.29, 1.82) is 0 Å². The highest BCUT2D eigenvalue weighted by atomic mass is 16.5. The maximum Gasteiger partial charge on any atom is 0.306 e. The molecule has 1 aliphatic rings. The van der Waals surface area contributed by atoms with Gasteiger partial charge in [0.2, 0.25) is 11.6 Å². The molecular formula is C18H19NO5. The van der Waals surface area contributed by atoms with Crippen LogP contribution in [0.3, 0.4) is 0 Å². The monoisotopic (exact) mass is 329 g/mol. The lowest BCUT2D eigenvalue weighted by atomic mass is 10.00. The van der Waals surface area contributed by atoms with E-state index in [-0.39, 0.29) is 36.0 Å². The second-order valence-electron chi connectivity index (χ2n) is 5.40. The van der Waals surface area contributed by atoms with E-state index < -0.39 is 11.6 Å². The Kier molecular flexibility index (Phi) is 5.89. The molecule has 0 heterocycles. The molecule has 2 N–H and O–H groups in total. The van der Waals surface area contributed by atoms with Crippen LogP contribution in [0.2, 0.25) is 0 Å². The van der Waals surface area contributed by atoms with Gasteiger partial charge in [-0.1, -0.05) is 30.3 Å². The number of Topliss-reactive ketones (excluding diaryl/α,β-unsaturated/α-hetero) is 1. The van der Waals surface area contributed by atoms with Crippen LogP contribution >= 0.6 is 0 Å². The van der Waals surface area contributed by atoms with Crippen LogP contribution in [0, 0.1) is 0 Å². The minimum absolute atomic E-state index is 0.0206. The van der Waals surface area contributed by atoms with Gasteiger partial charge in [0, 0.05) is 24.6 Å². The fourth-order valence-electron chi connectivity index (χ4n) is 2.16. The Morgan fingerprint density at radius 2 is 1.92 bits per heavy atom. The molecule has 0 aromatic heterocycles. The normalized spacial score (nSPS) is 14.5. The Balaban J connectivity index is 1.71. The van der Waals surface area contributed by atoms with Crippen LogP contribution in [0.1, 0.15) is 25.3 Å². The van der Waals surface area contributed by atoms with Crippen molar-refractivity contribution in [3.8, 4) is 0 Å². The summed E-state index contributed by atoms with van der Waals surface area (Å²) in [5.74, 6) is -1.93. The summed E-state index contributed by atoms with van der Waals surface area (Å²) < 4.78 is 5.15. The molecule has 6 nitrogen and oxygen atoms in total. The minimum Gasteiger partial charge on any atom is -0.505 e. The lowest BCUT2D eigenvalue weighted by Gasteiger charge is -2.15. The molecule has 6 heteroatoms. The molecule has 1 aromatic carbocycles. The van der Waals surface area contributed by atoms with E-state index in [2.05, 4.69) is 5.32 Å². The van der Waals surface area contributed by atoms with Gasteiger partial charge in [0.05, 0.1) is 5.70 Å². The van der Waals surface area contributed by atoms with Crippen LogP contribution in [0.25, 0.3) is 0 Å². The van der Waals surface area contributed by atoms with Crippen LogP contribution in [0.4, 0.5) is 0 Å². The number of allylic oxidation sites excluding steroid dienone is 2. The van der Waals surface area contributed by atoms with Gasteiger partial charge in [0.25, 0.3) is 0 Å². The number of aliphatic hydroxyl groups is 1. The van der Waals surface area contributed by atoms with E-state index in [0.717, 1.165) is 11.6 Å². The van der Waals surface area contributed by atoms with Crippen LogP contribution in [-0.4, -0.2) is 29.2 Å². The van der Waals surface area contributed by atoms with E-state index in [1.165, 1.54) is 6.92 Å². The molecule has 0 radical (unpaired) electrons. The summed E-state index contributed by atoms with van der Waals surface area (Å²) in [6.07, 6.45) is 1.75. The van der Waals surface area contributed by atoms with Crippen molar-refractivity contribution in [2.24, 2.45) is 0 Å². The highest BCUT2D eigenvalue weighted by molar-refractivity contribution is 6.48. The Labute approximate surface area is 139 Å². The van der Waals surface area contributed by atoms with Gasteiger partial charge in [0.15, 0.2) is 0 Å². The summed E-state index contributed by atoms with van der Waals surface area (Å²) in [5, 5.41) is 12.7. The summed E-state index contributed by atoms with van der Waals surface area (Å²) in [6.45, 7) is 1.99. The molecule has 2 rings (SSSR count). The number of ketones is 2. The number of carbonyl (C=O) groups is 3. The van der Waals surface area contributed by atoms with E-state index in [4.69, 9.17) is 4.74 Å². The molecule has 0 bridgehead atoms. The first-order valence-corrected chi connectivity index (χ1v) is 7.63. The topological polar surface area (TPSA) is 92.7 Å². The maximum atomic E-state index is 11.7. The van der Waals surface area contributed by atoms with Gasteiger partial charge in [-0.2, -0.15) is 0 Å². The lowest BCUT2D eigenvalue weighted by molar-refractivity contribution is -0.145. The molecule has 0 amide bonds. The predicted octanol–water partition coefficient (Wildman–Crippen LogP) is 1.97. The highest BCUT2D eigenvalue weighted by Gasteiger charge is 2.25. The SMILES string of the molecule is CC1=C(O)C(NCCCC(=O)OCc2ccccc2)=CC(=O)C1=O. The fourth-order valence-corrected chi connectivity index (χ4v) is 2.16. The van der Waals surface area contributed by atoms with E-state index in [1.54, 1.807) is 0 Å². The molecule has 0 spiro atoms. The van der Waals surface area contributed by atoms with Crippen molar-refractivity contribution in [2.45, 2.75) is 26.4 Å². The largest absolute Gasteiger partial charge is 0.505 e. The molecule has 0 fully saturated rings. The number of esters is 1. The average Bonchev–Trinajstić information content (AvgIpc) is 2.60. The minimum atomic E-state index is -0.706. The Morgan fingerprint density at radius 3 is 2.62 bits per heavy atom. The predicted molar refractivity (Wildman–Crippen MR) is 86.9 cm³/mol. The van der Waals surface area contributed by atoms with Gasteiger partial charge in [-0.3, -0.25) is 14.4 Å². The van der Waals surface area contributed by atoms with E-state index in [9.17, 15) is 19.5 Å². The highest BCUT2D eigenvalue weighted by Crippen LogP contribution is 2.16. The van der Waals surface area contributed by atoms with Crippen molar-refractivity contribution in [3.05, 3.63) is 59.0 Å². The van der Waals surface area contributed by atoms with Crippen molar-refractivity contribution in [2.75, 3.05) is 6.54 Å². The van der Waals surface area contributed by atoms with Crippen molar-refractivity contribution >= 4 is 17.5 Å². The van der Waals surface area contributed by atoms with Crippen molar-refractivity contribution in [1.82, 2.24) is 5.32 Å². The van der Waals surface area contributed by atoms with Crippen LogP contribution in [-0.2, 0) is 25.7 Å². The molecule has 0 atom stereocenters. The zero-order chi connectivity index (χ0) is 17.5. The number of hydrogen-bond donors (Lipinski definition) is 2. The van der Waals surface area contributed by atoms with E-state index >= 15 is 0 Å². The molecule has 1 aromatic rings. The number of hydrogen-bond acceptors (Lipinski definition) is 6. The van der Waals surface area contributed by atoms with E-state index in [1.807, 2.05) is 30.3 Å². The lowest BCUT2D eigenvalue weighted by Crippen LogP contribution is -2.27. The summed E-state index contributed by atoms with van der Waals surface area (Å²) in [4.78, 5) is 34.5. The van der Waals surface area contributed by atoms with Crippen molar-refractivity contribution < 1.29 is 24.2 Å². The number of rotatable bonds is 7. The zero-order valence-corrected chi connectivity index (χ0v) is 13.4. The molecule has 24 heavy (non-hydrogen) atoms. The second-order valence-corrected chi connectivity index (χ2v) is 5.40. The third-order valence-electron chi connectivity index (χ3n) is 3.57. The van der Waals surface area contributed by atoms with Crippen LogP contribution in [0.5, 0.6) is 0 Å². The molecule has 0 aliphatic heterocycles. The molecule has 1 aliphatic carbocycles. The van der Waals surface area contributed by atoms with Gasteiger partial charge in [-0.25, -0.2) is 0 Å². The third-order valence-corrected chi connectivity index (χ3v) is 3.57. The third kappa shape index (κ3) is 4.55. The first-order chi connectivity index (χ1) is 11.5. The number of benzene rings is 1. The Bertz CT molecular complexity index is 703. The fraction of sp³-hybridized carbons (Fsp3) is 0.278. The summed E-state index contributed by atoms with van der Waals surface area (Å²) in [6, 6.07) is 9.39. The van der Waals surface area contributed by atoms with E-state index in [0.29, 0.717) is 13.0 Å². The van der Waals surface area contributed by atoms with Gasteiger partial charge in [0.1, 0.15) is 12.4 Å². The molecule has 0 saturated heterocycles. The number of nitrogens with one attached hydrogen (secondary N) is 1. The van der Waals surface area contributed by atoms with Gasteiger partial charge in [-0.05, 0) is 18.9 Å². The molecule has 0 unspecified atom stereocenters. The zero-order valence-electron chi connectivity index (χ0n) is 13.4. The summed E-state index contributed by atoms with van der Waals surface area (Å²) in [7, 11) is 0. The van der Waals surface area contributed by atoms with Crippen LogP contribution < -0.4 is 5.32 Å². The number of aliphatic hydroxyl groups excluding tert-OH is 1. The van der Waals surface area contributed by atoms with Gasteiger partial charge >= 0.3 is 5.97 Å². The van der Waals surface area contributed by atoms with Gasteiger partial charge in [-0.15, -0.1) is 0 Å². The number of carbonyl (C=O) groups excluding carboxylic acids is 3. The standard InChI is InChI=1S/C18H19NO5/c1-12-17(22)14(10-15(20)18(12)23)19-9-5-8-16(21)24-11-13-6-3-2-4-7-13/h2-4,6-7,10,19,22H,5,8-9,11H2,1H3. The van der Waals surface area contributed by atoms with Gasteiger partial charge < -0.3 is 15.2 Å². The second kappa shape index (κ2) is 8.10. The molecule has 0 saturated carbocycles. The number of ether oxygens (including phenoxy) is 1. The summed E-state index contributed by atoms with van der Waals surface area (Å²) in [5.41, 5.74) is 1.15. The molecule has 126 valence electrons.